The SMILES string of the molecule is COC1=NCCCCN(C(=O)OCc2ccccc2)CC1. The van der Waals surface area contributed by atoms with Crippen LogP contribution in [0.3, 0.4) is 0 Å². The van der Waals surface area contributed by atoms with E-state index in [1.807, 2.05) is 30.3 Å². The van der Waals surface area contributed by atoms with Crippen LogP contribution in [0.4, 0.5) is 4.79 Å². The van der Waals surface area contributed by atoms with Crippen molar-refractivity contribution in [2.24, 2.45) is 4.99 Å². The predicted molar refractivity (Wildman–Crippen MR) is 81.4 cm³/mol. The molecule has 0 radical (unpaired) electrons. The van der Waals surface area contributed by atoms with E-state index in [2.05, 4.69) is 4.99 Å². The van der Waals surface area contributed by atoms with E-state index in [1.54, 1.807) is 12.0 Å². The zero-order chi connectivity index (χ0) is 14.9. The van der Waals surface area contributed by atoms with Crippen LogP contribution in [-0.4, -0.2) is 43.6 Å². The molecule has 0 fully saturated rings. The highest BCUT2D eigenvalue weighted by molar-refractivity contribution is 5.77. The maximum Gasteiger partial charge on any atom is 0.410 e. The van der Waals surface area contributed by atoms with Gasteiger partial charge in [0, 0.05) is 26.1 Å². The quantitative estimate of drug-likeness (QED) is 0.841. The van der Waals surface area contributed by atoms with Crippen molar-refractivity contribution in [1.82, 2.24) is 4.90 Å². The summed E-state index contributed by atoms with van der Waals surface area (Å²) in [7, 11) is 1.62. The summed E-state index contributed by atoms with van der Waals surface area (Å²) in [4.78, 5) is 18.3. The molecule has 0 aliphatic carbocycles. The number of aliphatic imine (C=N–C) groups is 1. The van der Waals surface area contributed by atoms with E-state index in [1.165, 1.54) is 0 Å². The molecule has 5 heteroatoms. The molecule has 1 aromatic rings. The van der Waals surface area contributed by atoms with Gasteiger partial charge in [0.2, 0.25) is 0 Å². The number of ether oxygens (including phenoxy) is 2. The summed E-state index contributed by atoms with van der Waals surface area (Å²) < 4.78 is 10.6. The summed E-state index contributed by atoms with van der Waals surface area (Å²) in [6.45, 7) is 2.36. The Labute approximate surface area is 125 Å². The van der Waals surface area contributed by atoms with Crippen molar-refractivity contribution < 1.29 is 14.3 Å². The van der Waals surface area contributed by atoms with Crippen LogP contribution in [0.25, 0.3) is 0 Å². The average Bonchev–Trinajstić information content (AvgIpc) is 2.65. The van der Waals surface area contributed by atoms with Crippen LogP contribution in [-0.2, 0) is 16.1 Å². The van der Waals surface area contributed by atoms with Gasteiger partial charge in [-0.2, -0.15) is 0 Å². The third-order valence-electron chi connectivity index (χ3n) is 3.42. The molecule has 1 aromatic carbocycles. The van der Waals surface area contributed by atoms with Gasteiger partial charge in [-0.25, -0.2) is 4.79 Å². The molecule has 0 aromatic heterocycles. The van der Waals surface area contributed by atoms with E-state index in [4.69, 9.17) is 9.47 Å². The lowest BCUT2D eigenvalue weighted by atomic mass is 10.2. The Balaban J connectivity index is 1.86. The highest BCUT2D eigenvalue weighted by Crippen LogP contribution is 2.08. The lowest BCUT2D eigenvalue weighted by molar-refractivity contribution is 0.0963. The summed E-state index contributed by atoms with van der Waals surface area (Å²) in [6.07, 6.45) is 2.25. The summed E-state index contributed by atoms with van der Waals surface area (Å²) >= 11 is 0. The summed E-state index contributed by atoms with van der Waals surface area (Å²) in [5, 5.41) is 0. The van der Waals surface area contributed by atoms with E-state index in [-0.39, 0.29) is 6.09 Å². The van der Waals surface area contributed by atoms with Crippen LogP contribution in [0.1, 0.15) is 24.8 Å². The summed E-state index contributed by atoms with van der Waals surface area (Å²) in [5.41, 5.74) is 0.995. The molecule has 0 unspecified atom stereocenters. The van der Waals surface area contributed by atoms with Crippen LogP contribution >= 0.6 is 0 Å². The van der Waals surface area contributed by atoms with Gasteiger partial charge in [0.25, 0.3) is 0 Å². The highest BCUT2D eigenvalue weighted by atomic mass is 16.6. The number of nitrogens with zero attached hydrogens (tertiary/aromatic N) is 2. The monoisotopic (exact) mass is 290 g/mol. The first-order valence-corrected chi connectivity index (χ1v) is 7.32. The fourth-order valence-corrected chi connectivity index (χ4v) is 2.20. The van der Waals surface area contributed by atoms with E-state index in [0.29, 0.717) is 32.0 Å². The van der Waals surface area contributed by atoms with Gasteiger partial charge in [0.15, 0.2) is 5.90 Å². The van der Waals surface area contributed by atoms with Crippen molar-refractivity contribution in [3.8, 4) is 0 Å². The first kappa shape index (κ1) is 15.4. The molecule has 0 spiro atoms. The topological polar surface area (TPSA) is 51.1 Å². The number of hydrogen-bond acceptors (Lipinski definition) is 4. The molecule has 1 amide bonds. The number of amides is 1. The number of benzene rings is 1. The fraction of sp³-hybridized carbons (Fsp3) is 0.500. The molecular weight excluding hydrogens is 268 g/mol. The molecule has 114 valence electrons. The zero-order valence-corrected chi connectivity index (χ0v) is 12.5. The molecule has 5 nitrogen and oxygen atoms in total. The minimum Gasteiger partial charge on any atom is -0.484 e. The first-order valence-electron chi connectivity index (χ1n) is 7.32. The van der Waals surface area contributed by atoms with Crippen LogP contribution in [0.15, 0.2) is 35.3 Å². The summed E-state index contributed by atoms with van der Waals surface area (Å²) in [5.74, 6) is 0.706. The van der Waals surface area contributed by atoms with Gasteiger partial charge in [0.1, 0.15) is 6.61 Å². The van der Waals surface area contributed by atoms with Crippen LogP contribution in [0, 0.1) is 0 Å². The maximum atomic E-state index is 12.2. The molecule has 0 saturated heterocycles. The van der Waals surface area contributed by atoms with E-state index in [9.17, 15) is 4.79 Å². The molecule has 2 rings (SSSR count). The molecule has 1 aliphatic heterocycles. The van der Waals surface area contributed by atoms with Crippen LogP contribution in [0.2, 0.25) is 0 Å². The van der Waals surface area contributed by atoms with Crippen LogP contribution in [0.5, 0.6) is 0 Å². The number of methoxy groups -OCH3 is 1. The Morgan fingerprint density at radius 2 is 2.05 bits per heavy atom. The Kier molecular flexibility index (Phi) is 6.06. The van der Waals surface area contributed by atoms with E-state index >= 15 is 0 Å². The number of carbonyl (C=O) groups is 1. The van der Waals surface area contributed by atoms with Crippen molar-refractivity contribution in [3.63, 3.8) is 0 Å². The second-order valence-electron chi connectivity index (χ2n) is 4.96. The Hall–Kier alpha value is -2.04. The van der Waals surface area contributed by atoms with Gasteiger partial charge < -0.3 is 14.4 Å². The molecule has 0 bridgehead atoms. The van der Waals surface area contributed by atoms with Gasteiger partial charge >= 0.3 is 6.09 Å². The molecule has 0 atom stereocenters. The van der Waals surface area contributed by atoms with Crippen molar-refractivity contribution in [2.75, 3.05) is 26.7 Å². The van der Waals surface area contributed by atoms with Crippen molar-refractivity contribution in [2.45, 2.75) is 25.9 Å². The smallest absolute Gasteiger partial charge is 0.410 e. The van der Waals surface area contributed by atoms with Gasteiger partial charge in [-0.3, -0.25) is 4.99 Å². The van der Waals surface area contributed by atoms with E-state index in [0.717, 1.165) is 24.9 Å². The molecule has 21 heavy (non-hydrogen) atoms. The molecular formula is C16H22N2O3. The van der Waals surface area contributed by atoms with Gasteiger partial charge in [-0.15, -0.1) is 0 Å². The summed E-state index contributed by atoms with van der Waals surface area (Å²) in [6, 6.07) is 9.71. The second kappa shape index (κ2) is 8.29. The maximum absolute atomic E-state index is 12.2. The normalized spacial score (nSPS) is 16.2. The number of hydrogen-bond donors (Lipinski definition) is 0. The standard InChI is InChI=1S/C16H22N2O3/c1-20-15-9-12-18(11-6-5-10-17-15)16(19)21-13-14-7-3-2-4-8-14/h2-4,7-8H,5-6,9-13H2,1H3. The Morgan fingerprint density at radius 3 is 2.81 bits per heavy atom. The van der Waals surface area contributed by atoms with Crippen LogP contribution < -0.4 is 0 Å². The zero-order valence-electron chi connectivity index (χ0n) is 12.5. The van der Waals surface area contributed by atoms with Gasteiger partial charge in [0.05, 0.1) is 7.11 Å². The van der Waals surface area contributed by atoms with Gasteiger partial charge in [-0.1, -0.05) is 30.3 Å². The van der Waals surface area contributed by atoms with Crippen molar-refractivity contribution >= 4 is 12.0 Å². The number of rotatable bonds is 2. The van der Waals surface area contributed by atoms with Gasteiger partial charge in [-0.05, 0) is 18.4 Å². The number of carbonyl (C=O) groups excluding carboxylic acids is 1. The second-order valence-corrected chi connectivity index (χ2v) is 4.96. The highest BCUT2D eigenvalue weighted by Gasteiger charge is 2.17. The van der Waals surface area contributed by atoms with Crippen molar-refractivity contribution in [1.29, 1.82) is 0 Å². The third kappa shape index (κ3) is 5.10. The Morgan fingerprint density at radius 1 is 1.24 bits per heavy atom. The average molecular weight is 290 g/mol. The first-order chi connectivity index (χ1) is 10.3. The molecule has 0 N–H and O–H groups in total. The molecule has 0 saturated carbocycles. The minimum atomic E-state index is -0.267. The third-order valence-corrected chi connectivity index (χ3v) is 3.42. The van der Waals surface area contributed by atoms with E-state index < -0.39 is 0 Å². The van der Waals surface area contributed by atoms with Crippen molar-refractivity contribution in [3.05, 3.63) is 35.9 Å². The lowest BCUT2D eigenvalue weighted by Gasteiger charge is -2.21. The fourth-order valence-electron chi connectivity index (χ4n) is 2.20. The molecule has 1 aliphatic rings. The lowest BCUT2D eigenvalue weighted by Crippen LogP contribution is -2.34. The Bertz CT molecular complexity index is 474. The minimum absolute atomic E-state index is 0.267. The largest absolute Gasteiger partial charge is 0.484 e. The molecule has 1 heterocycles. The predicted octanol–water partition coefficient (Wildman–Crippen LogP) is 2.85.